The third-order valence-electron chi connectivity index (χ3n) is 6.49. The zero-order valence-corrected chi connectivity index (χ0v) is 21.6. The zero-order valence-electron chi connectivity index (χ0n) is 21.6. The Balaban J connectivity index is 1.83. The van der Waals surface area contributed by atoms with Gasteiger partial charge in [-0.3, -0.25) is 29.6 Å². The van der Waals surface area contributed by atoms with E-state index < -0.39 is 5.56 Å². The summed E-state index contributed by atoms with van der Waals surface area (Å²) >= 11 is 0. The van der Waals surface area contributed by atoms with E-state index in [4.69, 9.17) is 0 Å². The van der Waals surface area contributed by atoms with Crippen LogP contribution in [-0.2, 0) is 11.3 Å². The van der Waals surface area contributed by atoms with Gasteiger partial charge in [0.2, 0.25) is 11.9 Å². The van der Waals surface area contributed by atoms with Crippen LogP contribution in [0, 0.1) is 5.92 Å². The lowest BCUT2D eigenvalue weighted by atomic mass is 10.0. The Morgan fingerprint density at radius 2 is 1.89 bits per heavy atom. The second-order valence-electron chi connectivity index (χ2n) is 9.70. The summed E-state index contributed by atoms with van der Waals surface area (Å²) < 4.78 is 2.04. The standard InChI is InChI=1S/C26H38N6O3/c1-6-7-8-9-10-11-14-31-15-12-13-20(16-31)25(35)32-19(5)18(4)27-22-21(32)24(34)30-26(28-22)29-23(33)17(2)3/h12-13,15-19H,6-11,14H2,1-5H3,(H2-,27,28,29,30,33,34)/p+1/t18-,19+/m0/s1. The highest BCUT2D eigenvalue weighted by molar-refractivity contribution is 6.08. The Morgan fingerprint density at radius 3 is 2.60 bits per heavy atom. The zero-order chi connectivity index (χ0) is 25.5. The Kier molecular flexibility index (Phi) is 9.01. The van der Waals surface area contributed by atoms with Gasteiger partial charge >= 0.3 is 0 Å². The minimum absolute atomic E-state index is 0.0607. The SMILES string of the molecule is CCCCCCCC[n+]1cccc(C(=O)N2c3c(nc(NC(=O)C(C)C)[nH]c3=O)N[C@@H](C)[C@H]2C)c1. The molecule has 35 heavy (non-hydrogen) atoms. The van der Waals surface area contributed by atoms with Crippen molar-refractivity contribution in [1.82, 2.24) is 9.97 Å². The van der Waals surface area contributed by atoms with Gasteiger partial charge in [-0.25, -0.2) is 4.57 Å². The van der Waals surface area contributed by atoms with Crippen LogP contribution in [0.1, 0.15) is 83.5 Å². The molecule has 0 saturated carbocycles. The summed E-state index contributed by atoms with van der Waals surface area (Å²) in [5.41, 5.74) is 0.195. The lowest BCUT2D eigenvalue weighted by Crippen LogP contribution is -2.53. The number of anilines is 3. The molecule has 0 aliphatic carbocycles. The highest BCUT2D eigenvalue weighted by atomic mass is 16.2. The van der Waals surface area contributed by atoms with Crippen molar-refractivity contribution >= 4 is 29.3 Å². The highest BCUT2D eigenvalue weighted by Gasteiger charge is 2.37. The maximum absolute atomic E-state index is 13.7. The van der Waals surface area contributed by atoms with Crippen molar-refractivity contribution in [1.29, 1.82) is 0 Å². The molecule has 0 spiro atoms. The number of aromatic nitrogens is 3. The third kappa shape index (κ3) is 6.46. The average Bonchev–Trinajstić information content (AvgIpc) is 2.82. The fourth-order valence-corrected chi connectivity index (χ4v) is 4.16. The molecule has 2 amide bonds. The maximum Gasteiger partial charge on any atom is 0.278 e. The van der Waals surface area contributed by atoms with E-state index in [0.717, 1.165) is 13.0 Å². The number of nitrogens with zero attached hydrogens (tertiary/aromatic N) is 3. The van der Waals surface area contributed by atoms with Crippen molar-refractivity contribution in [2.24, 2.45) is 5.92 Å². The van der Waals surface area contributed by atoms with Gasteiger partial charge < -0.3 is 5.32 Å². The van der Waals surface area contributed by atoms with Gasteiger partial charge in [0.25, 0.3) is 11.5 Å². The normalized spacial score (nSPS) is 17.1. The van der Waals surface area contributed by atoms with Crippen molar-refractivity contribution in [3.05, 3.63) is 40.4 Å². The molecular formula is C26H39N6O3+. The van der Waals surface area contributed by atoms with Gasteiger partial charge in [-0.1, -0.05) is 46.5 Å². The number of hydrogen-bond acceptors (Lipinski definition) is 5. The number of H-pyrrole nitrogens is 1. The van der Waals surface area contributed by atoms with Crippen molar-refractivity contribution in [3.63, 3.8) is 0 Å². The maximum atomic E-state index is 13.7. The Labute approximate surface area is 207 Å². The fourth-order valence-electron chi connectivity index (χ4n) is 4.16. The van der Waals surface area contributed by atoms with Gasteiger partial charge in [0, 0.05) is 24.4 Å². The minimum Gasteiger partial charge on any atom is -0.364 e. The van der Waals surface area contributed by atoms with E-state index in [-0.39, 0.29) is 47.3 Å². The van der Waals surface area contributed by atoms with Crippen LogP contribution < -0.4 is 25.7 Å². The fraction of sp³-hybridized carbons (Fsp3) is 0.577. The number of pyridine rings is 1. The van der Waals surface area contributed by atoms with E-state index in [1.807, 2.05) is 36.9 Å². The van der Waals surface area contributed by atoms with Gasteiger partial charge in [-0.2, -0.15) is 4.98 Å². The van der Waals surface area contributed by atoms with Crippen LogP contribution in [0.4, 0.5) is 17.5 Å². The number of nitrogens with one attached hydrogen (secondary N) is 3. The molecule has 0 fully saturated rings. The van der Waals surface area contributed by atoms with Gasteiger partial charge in [-0.05, 0) is 26.3 Å². The van der Waals surface area contributed by atoms with Crippen LogP contribution in [0.2, 0.25) is 0 Å². The number of amides is 2. The molecule has 1 aliphatic heterocycles. The molecule has 3 N–H and O–H groups in total. The molecule has 1 aliphatic rings. The van der Waals surface area contributed by atoms with Gasteiger partial charge in [0.05, 0.1) is 6.04 Å². The first-order valence-corrected chi connectivity index (χ1v) is 12.8. The predicted molar refractivity (Wildman–Crippen MR) is 138 cm³/mol. The summed E-state index contributed by atoms with van der Waals surface area (Å²) in [6.45, 7) is 10.4. The number of carbonyl (C=O) groups is 2. The van der Waals surface area contributed by atoms with Crippen molar-refractivity contribution in [3.8, 4) is 0 Å². The number of fused-ring (bicyclic) bond motifs is 1. The van der Waals surface area contributed by atoms with E-state index in [1.165, 1.54) is 37.0 Å². The van der Waals surface area contributed by atoms with Crippen LogP contribution in [-0.4, -0.2) is 33.9 Å². The van der Waals surface area contributed by atoms with Crippen molar-refractivity contribution in [2.45, 2.75) is 91.8 Å². The van der Waals surface area contributed by atoms with E-state index >= 15 is 0 Å². The lowest BCUT2D eigenvalue weighted by Gasteiger charge is -2.38. The van der Waals surface area contributed by atoms with Crippen LogP contribution in [0.25, 0.3) is 0 Å². The van der Waals surface area contributed by atoms with Crippen LogP contribution in [0.15, 0.2) is 29.3 Å². The molecular weight excluding hydrogens is 444 g/mol. The Morgan fingerprint density at radius 1 is 1.17 bits per heavy atom. The second kappa shape index (κ2) is 12.0. The van der Waals surface area contributed by atoms with E-state index in [1.54, 1.807) is 19.9 Å². The molecule has 3 heterocycles. The summed E-state index contributed by atoms with van der Waals surface area (Å²) in [5, 5.41) is 5.83. The number of hydrogen-bond donors (Lipinski definition) is 3. The quantitative estimate of drug-likeness (QED) is 0.351. The number of rotatable bonds is 10. The summed E-state index contributed by atoms with van der Waals surface area (Å²) in [6.07, 6.45) is 11.1. The smallest absolute Gasteiger partial charge is 0.278 e. The summed E-state index contributed by atoms with van der Waals surface area (Å²) in [4.78, 5) is 47.3. The first kappa shape index (κ1) is 26.4. The topological polar surface area (TPSA) is 111 Å². The van der Waals surface area contributed by atoms with E-state index in [0.29, 0.717) is 5.56 Å². The molecule has 0 saturated heterocycles. The van der Waals surface area contributed by atoms with Crippen LogP contribution in [0.3, 0.4) is 0 Å². The molecule has 0 radical (unpaired) electrons. The molecule has 190 valence electrons. The Bertz CT molecular complexity index is 1100. The van der Waals surface area contributed by atoms with Crippen molar-refractivity contribution in [2.75, 3.05) is 15.5 Å². The molecule has 0 bridgehead atoms. The summed E-state index contributed by atoms with van der Waals surface area (Å²) in [5.74, 6) is -0.427. The highest BCUT2D eigenvalue weighted by Crippen LogP contribution is 2.31. The van der Waals surface area contributed by atoms with Crippen LogP contribution in [0.5, 0.6) is 0 Å². The third-order valence-corrected chi connectivity index (χ3v) is 6.49. The lowest BCUT2D eigenvalue weighted by molar-refractivity contribution is -0.697. The first-order chi connectivity index (χ1) is 16.7. The van der Waals surface area contributed by atoms with Gasteiger partial charge in [0.15, 0.2) is 23.9 Å². The number of carbonyl (C=O) groups excluding carboxylic acids is 2. The number of aryl methyl sites for hydroxylation is 1. The minimum atomic E-state index is -0.482. The average molecular weight is 484 g/mol. The monoisotopic (exact) mass is 483 g/mol. The van der Waals surface area contributed by atoms with E-state index in [2.05, 4.69) is 27.5 Å². The first-order valence-electron chi connectivity index (χ1n) is 12.8. The molecule has 3 rings (SSSR count). The molecule has 0 unspecified atom stereocenters. The summed E-state index contributed by atoms with van der Waals surface area (Å²) in [6, 6.07) is 3.22. The van der Waals surface area contributed by atoms with Gasteiger partial charge in [-0.15, -0.1) is 0 Å². The predicted octanol–water partition coefficient (Wildman–Crippen LogP) is 3.86. The Hall–Kier alpha value is -3.23. The molecule has 2 aromatic heterocycles. The summed E-state index contributed by atoms with van der Waals surface area (Å²) in [7, 11) is 0. The second-order valence-corrected chi connectivity index (χ2v) is 9.70. The van der Waals surface area contributed by atoms with E-state index in [9.17, 15) is 14.4 Å². The number of aromatic amines is 1. The van der Waals surface area contributed by atoms with Crippen LogP contribution >= 0.6 is 0 Å². The molecule has 9 nitrogen and oxygen atoms in total. The van der Waals surface area contributed by atoms with Crippen molar-refractivity contribution < 1.29 is 14.2 Å². The molecule has 2 atom stereocenters. The molecule has 9 heteroatoms. The largest absolute Gasteiger partial charge is 0.364 e. The van der Waals surface area contributed by atoms with Gasteiger partial charge in [0.1, 0.15) is 12.1 Å². The number of unbranched alkanes of at least 4 members (excludes halogenated alkanes) is 5. The molecule has 0 aromatic carbocycles. The molecule has 2 aromatic rings.